The standard InChI is InChI=1S/C10H18N2Si/c1-5-11-8-9-6-7-10(12-9)13(2,3)4/h6-8,12H,5H2,1-4H3. The van der Waals surface area contributed by atoms with Crippen LogP contribution in [-0.2, 0) is 0 Å². The molecule has 0 saturated carbocycles. The Labute approximate surface area is 81.1 Å². The minimum absolute atomic E-state index is 0.849. The Hall–Kier alpha value is -0.833. The fourth-order valence-corrected chi connectivity index (χ4v) is 2.22. The summed E-state index contributed by atoms with van der Waals surface area (Å²) in [6.45, 7) is 9.89. The van der Waals surface area contributed by atoms with Crippen LogP contribution in [0.4, 0.5) is 0 Å². The van der Waals surface area contributed by atoms with E-state index in [4.69, 9.17) is 0 Å². The van der Waals surface area contributed by atoms with E-state index >= 15 is 0 Å². The van der Waals surface area contributed by atoms with Gasteiger partial charge in [-0.15, -0.1) is 0 Å². The topological polar surface area (TPSA) is 28.1 Å². The van der Waals surface area contributed by atoms with Gasteiger partial charge in [-0.05, 0) is 24.4 Å². The number of hydrogen-bond donors (Lipinski definition) is 1. The summed E-state index contributed by atoms with van der Waals surface area (Å²) < 4.78 is 0. The highest BCUT2D eigenvalue weighted by atomic mass is 28.3. The van der Waals surface area contributed by atoms with Crippen molar-refractivity contribution in [2.45, 2.75) is 26.6 Å². The van der Waals surface area contributed by atoms with E-state index in [2.05, 4.69) is 41.8 Å². The van der Waals surface area contributed by atoms with Crippen LogP contribution < -0.4 is 5.32 Å². The molecule has 0 saturated heterocycles. The highest BCUT2D eigenvalue weighted by molar-refractivity contribution is 6.88. The van der Waals surface area contributed by atoms with Gasteiger partial charge < -0.3 is 4.98 Å². The maximum atomic E-state index is 4.20. The van der Waals surface area contributed by atoms with Crippen LogP contribution in [0.15, 0.2) is 17.1 Å². The zero-order valence-electron chi connectivity index (χ0n) is 8.89. The van der Waals surface area contributed by atoms with Crippen LogP contribution in [0.3, 0.4) is 0 Å². The Morgan fingerprint density at radius 2 is 2.08 bits per heavy atom. The number of nitrogens with one attached hydrogen (secondary N) is 1. The van der Waals surface area contributed by atoms with E-state index in [1.54, 1.807) is 0 Å². The normalized spacial score (nSPS) is 12.6. The molecule has 0 amide bonds. The van der Waals surface area contributed by atoms with Gasteiger partial charge in [-0.1, -0.05) is 19.6 Å². The van der Waals surface area contributed by atoms with Crippen LogP contribution in [0.5, 0.6) is 0 Å². The number of H-pyrrole nitrogens is 1. The summed E-state index contributed by atoms with van der Waals surface area (Å²) in [5, 5.41) is 1.39. The van der Waals surface area contributed by atoms with Gasteiger partial charge in [0.1, 0.15) is 0 Å². The Balaban J connectivity index is 2.81. The summed E-state index contributed by atoms with van der Waals surface area (Å²) in [7, 11) is -1.17. The molecule has 0 bridgehead atoms. The highest BCUT2D eigenvalue weighted by Gasteiger charge is 2.17. The second-order valence-electron chi connectivity index (χ2n) is 4.21. The third kappa shape index (κ3) is 2.84. The molecule has 0 aliphatic carbocycles. The van der Waals surface area contributed by atoms with Crippen molar-refractivity contribution >= 4 is 19.6 Å². The quantitative estimate of drug-likeness (QED) is 0.563. The molecule has 0 fully saturated rings. The van der Waals surface area contributed by atoms with Gasteiger partial charge in [0.05, 0.1) is 13.8 Å². The number of aromatic nitrogens is 1. The Morgan fingerprint density at radius 1 is 1.38 bits per heavy atom. The van der Waals surface area contributed by atoms with E-state index in [1.807, 2.05) is 13.1 Å². The molecule has 0 atom stereocenters. The molecule has 0 radical (unpaired) electrons. The largest absolute Gasteiger partial charge is 0.362 e. The van der Waals surface area contributed by atoms with Gasteiger partial charge in [0.25, 0.3) is 0 Å². The van der Waals surface area contributed by atoms with E-state index in [1.165, 1.54) is 5.32 Å². The molecule has 0 aromatic carbocycles. The van der Waals surface area contributed by atoms with E-state index < -0.39 is 8.07 Å². The van der Waals surface area contributed by atoms with Crippen molar-refractivity contribution in [1.82, 2.24) is 4.98 Å². The number of hydrogen-bond acceptors (Lipinski definition) is 1. The third-order valence-electron chi connectivity index (χ3n) is 1.93. The lowest BCUT2D eigenvalue weighted by atomic mass is 10.5. The minimum atomic E-state index is -1.17. The summed E-state index contributed by atoms with van der Waals surface area (Å²) in [6, 6.07) is 4.29. The third-order valence-corrected chi connectivity index (χ3v) is 3.84. The second kappa shape index (κ2) is 3.92. The van der Waals surface area contributed by atoms with Crippen LogP contribution >= 0.6 is 0 Å². The lowest BCUT2D eigenvalue weighted by Gasteiger charge is -2.12. The first kappa shape index (κ1) is 10.2. The molecular weight excluding hydrogens is 176 g/mol. The summed E-state index contributed by atoms with van der Waals surface area (Å²) in [4.78, 5) is 7.60. The summed E-state index contributed by atoms with van der Waals surface area (Å²) in [5.41, 5.74) is 1.12. The lowest BCUT2D eigenvalue weighted by molar-refractivity contribution is 1.14. The number of aromatic amines is 1. The van der Waals surface area contributed by atoms with Crippen LogP contribution in [0.1, 0.15) is 12.6 Å². The predicted molar refractivity (Wildman–Crippen MR) is 61.9 cm³/mol. The van der Waals surface area contributed by atoms with Gasteiger partial charge in [-0.2, -0.15) is 0 Å². The first-order chi connectivity index (χ1) is 6.04. The predicted octanol–water partition coefficient (Wildman–Crippen LogP) is 2.00. The van der Waals surface area contributed by atoms with Crippen LogP contribution in [0.25, 0.3) is 0 Å². The molecule has 2 nitrogen and oxygen atoms in total. The molecule has 0 spiro atoms. The Kier molecular flexibility index (Phi) is 3.09. The van der Waals surface area contributed by atoms with Gasteiger partial charge in [0, 0.05) is 12.8 Å². The molecule has 1 heterocycles. The average molecular weight is 194 g/mol. The van der Waals surface area contributed by atoms with Gasteiger partial charge in [0.15, 0.2) is 0 Å². The molecule has 3 heteroatoms. The lowest BCUT2D eigenvalue weighted by Crippen LogP contribution is -2.38. The zero-order valence-corrected chi connectivity index (χ0v) is 9.89. The van der Waals surface area contributed by atoms with Crippen molar-refractivity contribution in [3.05, 3.63) is 17.8 Å². The fourth-order valence-electron chi connectivity index (χ4n) is 1.11. The van der Waals surface area contributed by atoms with E-state index in [0.29, 0.717) is 0 Å². The first-order valence-corrected chi connectivity index (χ1v) is 8.23. The molecule has 1 aromatic rings. The van der Waals surface area contributed by atoms with Gasteiger partial charge in [-0.25, -0.2) is 0 Å². The molecule has 1 rings (SSSR count). The molecule has 0 aliphatic rings. The molecule has 1 aromatic heterocycles. The fraction of sp³-hybridized carbons (Fsp3) is 0.500. The van der Waals surface area contributed by atoms with Crippen molar-refractivity contribution in [1.29, 1.82) is 0 Å². The minimum Gasteiger partial charge on any atom is -0.362 e. The number of nitrogens with zero attached hydrogens (tertiary/aromatic N) is 1. The Morgan fingerprint density at radius 3 is 2.54 bits per heavy atom. The molecule has 0 aliphatic heterocycles. The summed E-state index contributed by atoms with van der Waals surface area (Å²) in [6.07, 6.45) is 1.91. The monoisotopic (exact) mass is 194 g/mol. The maximum Gasteiger partial charge on any atom is 0.0981 e. The maximum absolute atomic E-state index is 4.20. The van der Waals surface area contributed by atoms with E-state index in [9.17, 15) is 0 Å². The Bertz CT molecular complexity index is 294. The van der Waals surface area contributed by atoms with Gasteiger partial charge in [0.2, 0.25) is 0 Å². The highest BCUT2D eigenvalue weighted by Crippen LogP contribution is 2.01. The number of rotatable bonds is 3. The van der Waals surface area contributed by atoms with Crippen molar-refractivity contribution in [2.75, 3.05) is 6.54 Å². The van der Waals surface area contributed by atoms with Gasteiger partial charge in [-0.3, -0.25) is 4.99 Å². The first-order valence-electron chi connectivity index (χ1n) is 4.73. The average Bonchev–Trinajstić information content (AvgIpc) is 2.47. The van der Waals surface area contributed by atoms with Crippen molar-refractivity contribution in [3.63, 3.8) is 0 Å². The zero-order chi connectivity index (χ0) is 9.90. The number of aliphatic imine (C=N–C) groups is 1. The molecule has 1 N–H and O–H groups in total. The SMILES string of the molecule is CCN=Cc1ccc([Si](C)(C)C)[nH]1. The second-order valence-corrected chi connectivity index (χ2v) is 9.24. The van der Waals surface area contributed by atoms with E-state index in [-0.39, 0.29) is 0 Å². The van der Waals surface area contributed by atoms with Crippen molar-refractivity contribution in [3.8, 4) is 0 Å². The molecule has 0 unspecified atom stereocenters. The van der Waals surface area contributed by atoms with E-state index in [0.717, 1.165) is 12.2 Å². The van der Waals surface area contributed by atoms with Crippen LogP contribution in [-0.4, -0.2) is 25.8 Å². The van der Waals surface area contributed by atoms with Gasteiger partial charge >= 0.3 is 0 Å². The molecule has 13 heavy (non-hydrogen) atoms. The van der Waals surface area contributed by atoms with Crippen LogP contribution in [0.2, 0.25) is 19.6 Å². The smallest absolute Gasteiger partial charge is 0.0981 e. The van der Waals surface area contributed by atoms with Crippen molar-refractivity contribution < 1.29 is 0 Å². The molecule has 72 valence electrons. The van der Waals surface area contributed by atoms with Crippen molar-refractivity contribution in [2.24, 2.45) is 4.99 Å². The summed E-state index contributed by atoms with van der Waals surface area (Å²) >= 11 is 0. The molecular formula is C10H18N2Si. The van der Waals surface area contributed by atoms with Crippen LogP contribution in [0, 0.1) is 0 Å². The summed E-state index contributed by atoms with van der Waals surface area (Å²) in [5.74, 6) is 0.